The maximum absolute atomic E-state index is 13.0. The van der Waals surface area contributed by atoms with Crippen molar-refractivity contribution in [1.82, 2.24) is 4.98 Å². The molecule has 0 spiro atoms. The number of nitrogens with zero attached hydrogens (tertiary/aromatic N) is 2. The number of aromatic nitrogens is 1. The largest absolute Gasteiger partial charge is 0.300 e. The Morgan fingerprint density at radius 2 is 1.80 bits per heavy atom. The van der Waals surface area contributed by atoms with Crippen LogP contribution in [-0.4, -0.2) is 22.8 Å². The van der Waals surface area contributed by atoms with E-state index in [1.54, 1.807) is 4.90 Å². The molecule has 2 heterocycles. The third-order valence-corrected chi connectivity index (χ3v) is 6.16. The highest BCUT2D eigenvalue weighted by Gasteiger charge is 2.36. The van der Waals surface area contributed by atoms with Crippen LogP contribution in [0.15, 0.2) is 72.1 Å². The molecule has 0 saturated carbocycles. The van der Waals surface area contributed by atoms with Crippen LogP contribution in [0, 0.1) is 0 Å². The molecule has 0 bridgehead atoms. The molecule has 0 radical (unpaired) electrons. The molecule has 5 nitrogen and oxygen atoms in total. The third kappa shape index (κ3) is 3.25. The fraction of sp³-hybridized carbons (Fsp3) is 0.125. The predicted molar refractivity (Wildman–Crippen MR) is 121 cm³/mol. The van der Waals surface area contributed by atoms with Crippen LogP contribution in [0.2, 0.25) is 0 Å². The topological polar surface area (TPSA) is 62.3 Å². The highest BCUT2D eigenvalue weighted by molar-refractivity contribution is 7.14. The number of nitrogens with one attached hydrogen (secondary N) is 1. The average molecular weight is 414 g/mol. The monoisotopic (exact) mass is 413 g/mol. The van der Waals surface area contributed by atoms with Crippen molar-refractivity contribution in [3.05, 3.63) is 77.7 Å². The smallest absolute Gasteiger partial charge is 0.249 e. The predicted octanol–water partition coefficient (Wildman–Crippen LogP) is 4.88. The summed E-state index contributed by atoms with van der Waals surface area (Å²) in [6.45, 7) is 1.49. The summed E-state index contributed by atoms with van der Waals surface area (Å²) in [7, 11) is 0. The average Bonchev–Trinajstić information content (AvgIpc) is 3.38. The van der Waals surface area contributed by atoms with Crippen molar-refractivity contribution in [3.8, 4) is 11.3 Å². The summed E-state index contributed by atoms with van der Waals surface area (Å²) >= 11 is 1.38. The first kappa shape index (κ1) is 18.5. The zero-order valence-electron chi connectivity index (χ0n) is 16.3. The van der Waals surface area contributed by atoms with E-state index in [4.69, 9.17) is 0 Å². The first-order chi connectivity index (χ1) is 14.6. The quantitative estimate of drug-likeness (QED) is 0.521. The van der Waals surface area contributed by atoms with Gasteiger partial charge in [0.25, 0.3) is 0 Å². The second-order valence-electron chi connectivity index (χ2n) is 7.33. The van der Waals surface area contributed by atoms with E-state index in [0.29, 0.717) is 11.6 Å². The van der Waals surface area contributed by atoms with Gasteiger partial charge in [-0.25, -0.2) is 4.98 Å². The molecular weight excluding hydrogens is 394 g/mol. The minimum absolute atomic E-state index is 0.143. The highest BCUT2D eigenvalue weighted by Crippen LogP contribution is 2.33. The molecule has 148 valence electrons. The molecule has 0 fully saturated rings. The van der Waals surface area contributed by atoms with Gasteiger partial charge in [-0.15, -0.1) is 11.3 Å². The molecule has 5 rings (SSSR count). The summed E-state index contributed by atoms with van der Waals surface area (Å²) in [5.74, 6) is -0.364. The SMILES string of the molecule is CC(=O)N1c2ccccc2C[C@H]1C(=O)Nc1nc(-c2ccc3ccccc3c2)cs1. The lowest BCUT2D eigenvalue weighted by Crippen LogP contribution is -2.44. The Morgan fingerprint density at radius 1 is 1.03 bits per heavy atom. The van der Waals surface area contributed by atoms with Crippen molar-refractivity contribution in [2.75, 3.05) is 10.2 Å². The highest BCUT2D eigenvalue weighted by atomic mass is 32.1. The van der Waals surface area contributed by atoms with Gasteiger partial charge in [0.15, 0.2) is 5.13 Å². The van der Waals surface area contributed by atoms with Crippen molar-refractivity contribution in [2.45, 2.75) is 19.4 Å². The van der Waals surface area contributed by atoms with Gasteiger partial charge in [-0.3, -0.25) is 14.5 Å². The molecule has 4 aromatic rings. The van der Waals surface area contributed by atoms with E-state index in [1.165, 1.54) is 23.6 Å². The van der Waals surface area contributed by atoms with E-state index in [9.17, 15) is 9.59 Å². The lowest BCUT2D eigenvalue weighted by Gasteiger charge is -2.22. The molecule has 0 saturated heterocycles. The van der Waals surface area contributed by atoms with Crippen LogP contribution in [0.5, 0.6) is 0 Å². The first-order valence-corrected chi connectivity index (χ1v) is 10.6. The van der Waals surface area contributed by atoms with E-state index in [0.717, 1.165) is 27.9 Å². The van der Waals surface area contributed by atoms with Gasteiger partial charge in [0, 0.05) is 30.0 Å². The lowest BCUT2D eigenvalue weighted by molar-refractivity contribution is -0.122. The third-order valence-electron chi connectivity index (χ3n) is 5.40. The molecular formula is C24H19N3O2S. The van der Waals surface area contributed by atoms with Crippen LogP contribution in [0.4, 0.5) is 10.8 Å². The fourth-order valence-electron chi connectivity index (χ4n) is 3.99. The lowest BCUT2D eigenvalue weighted by atomic mass is 10.1. The Morgan fingerprint density at radius 3 is 2.63 bits per heavy atom. The summed E-state index contributed by atoms with van der Waals surface area (Å²) in [5, 5.41) is 7.70. The Kier molecular flexibility index (Phi) is 4.56. The van der Waals surface area contributed by atoms with Gasteiger partial charge < -0.3 is 5.32 Å². The van der Waals surface area contributed by atoms with E-state index in [-0.39, 0.29) is 11.8 Å². The van der Waals surface area contributed by atoms with Crippen LogP contribution in [0.1, 0.15) is 12.5 Å². The maximum Gasteiger partial charge on any atom is 0.249 e. The number of carbonyl (C=O) groups is 2. The normalized spacial score (nSPS) is 15.2. The number of fused-ring (bicyclic) bond motifs is 2. The Bertz CT molecular complexity index is 1280. The van der Waals surface area contributed by atoms with Crippen molar-refractivity contribution in [3.63, 3.8) is 0 Å². The number of anilines is 2. The van der Waals surface area contributed by atoms with Gasteiger partial charge in [0.1, 0.15) is 6.04 Å². The van der Waals surface area contributed by atoms with Crippen molar-refractivity contribution in [1.29, 1.82) is 0 Å². The zero-order chi connectivity index (χ0) is 20.7. The molecule has 1 atom stereocenters. The van der Waals surface area contributed by atoms with E-state index in [1.807, 2.05) is 47.8 Å². The standard InChI is InChI=1S/C24H19N3O2S/c1-15(28)27-21-9-5-4-8-19(21)13-22(27)23(29)26-24-25-20(14-30-24)18-11-10-16-6-2-3-7-17(16)12-18/h2-12,14,22H,13H2,1H3,(H,25,26,29)/t22-/m0/s1. The van der Waals surface area contributed by atoms with Crippen LogP contribution < -0.4 is 10.2 Å². The van der Waals surface area contributed by atoms with E-state index >= 15 is 0 Å². The van der Waals surface area contributed by atoms with Gasteiger partial charge in [-0.05, 0) is 28.5 Å². The van der Waals surface area contributed by atoms with Crippen LogP contribution in [0.25, 0.3) is 22.0 Å². The number of benzene rings is 3. The summed E-state index contributed by atoms with van der Waals surface area (Å²) in [5.41, 5.74) is 3.63. The number of carbonyl (C=O) groups excluding carboxylic acids is 2. The summed E-state index contributed by atoms with van der Waals surface area (Å²) in [6.07, 6.45) is 0.504. The van der Waals surface area contributed by atoms with Crippen molar-refractivity contribution < 1.29 is 9.59 Å². The molecule has 1 aliphatic rings. The molecule has 0 aliphatic carbocycles. The molecule has 30 heavy (non-hydrogen) atoms. The molecule has 3 aromatic carbocycles. The zero-order valence-corrected chi connectivity index (χ0v) is 17.1. The van der Waals surface area contributed by atoms with E-state index < -0.39 is 6.04 Å². The molecule has 1 aromatic heterocycles. The number of thiazole rings is 1. The minimum atomic E-state index is -0.562. The van der Waals surface area contributed by atoms with Crippen molar-refractivity contribution in [2.24, 2.45) is 0 Å². The van der Waals surface area contributed by atoms with E-state index in [2.05, 4.69) is 34.6 Å². The minimum Gasteiger partial charge on any atom is -0.300 e. The van der Waals surface area contributed by atoms with Gasteiger partial charge in [0.2, 0.25) is 11.8 Å². The molecule has 1 N–H and O–H groups in total. The summed E-state index contributed by atoms with van der Waals surface area (Å²) in [6, 6.07) is 21.5. The first-order valence-electron chi connectivity index (χ1n) is 9.73. The Balaban J connectivity index is 1.37. The fourth-order valence-corrected chi connectivity index (χ4v) is 4.71. The van der Waals surface area contributed by atoms with Crippen LogP contribution in [-0.2, 0) is 16.0 Å². The number of rotatable bonds is 3. The Labute approximate surface area is 178 Å². The second kappa shape index (κ2) is 7.39. The molecule has 1 aliphatic heterocycles. The van der Waals surface area contributed by atoms with Gasteiger partial charge in [-0.2, -0.15) is 0 Å². The van der Waals surface area contributed by atoms with Crippen molar-refractivity contribution >= 4 is 44.7 Å². The van der Waals surface area contributed by atoms with Gasteiger partial charge >= 0.3 is 0 Å². The number of para-hydroxylation sites is 1. The maximum atomic E-state index is 13.0. The number of hydrogen-bond acceptors (Lipinski definition) is 4. The molecule has 0 unspecified atom stereocenters. The van der Waals surface area contributed by atoms with Crippen LogP contribution >= 0.6 is 11.3 Å². The number of hydrogen-bond donors (Lipinski definition) is 1. The molecule has 2 amide bonds. The van der Waals surface area contributed by atoms with Gasteiger partial charge in [-0.1, -0.05) is 54.6 Å². The summed E-state index contributed by atoms with van der Waals surface area (Å²) in [4.78, 5) is 31.4. The second-order valence-corrected chi connectivity index (χ2v) is 8.18. The number of amides is 2. The molecule has 6 heteroatoms. The van der Waals surface area contributed by atoms with Gasteiger partial charge in [0.05, 0.1) is 5.69 Å². The van der Waals surface area contributed by atoms with Crippen LogP contribution in [0.3, 0.4) is 0 Å². The Hall–Kier alpha value is -3.51. The summed E-state index contributed by atoms with van der Waals surface area (Å²) < 4.78 is 0.